The van der Waals surface area contributed by atoms with Gasteiger partial charge in [-0.25, -0.2) is 4.98 Å². The number of aromatic nitrogens is 1. The van der Waals surface area contributed by atoms with Crippen molar-refractivity contribution in [3.05, 3.63) is 74.7 Å². The molecule has 9 heteroatoms. The van der Waals surface area contributed by atoms with E-state index in [9.17, 15) is 10.1 Å². The zero-order valence-corrected chi connectivity index (χ0v) is 16.8. The maximum Gasteiger partial charge on any atom is 0.282 e. The minimum Gasteiger partial charge on any atom is -0.454 e. The summed E-state index contributed by atoms with van der Waals surface area (Å²) in [6.45, 7) is 0.0376. The zero-order chi connectivity index (χ0) is 20.7. The molecule has 0 spiro atoms. The molecule has 1 aliphatic heterocycles. The average Bonchev–Trinajstić information content (AvgIpc) is 3.37. The molecule has 0 fully saturated rings. The lowest BCUT2D eigenvalue weighted by molar-refractivity contribution is -0.385. The van der Waals surface area contributed by atoms with Crippen LogP contribution in [-0.2, 0) is 0 Å². The molecule has 0 saturated carbocycles. The Bertz CT molecular complexity index is 1310. The van der Waals surface area contributed by atoms with Gasteiger partial charge in [0.25, 0.3) is 5.69 Å². The minimum absolute atomic E-state index is 0.0376. The molecule has 4 aromatic rings. The Morgan fingerprint density at radius 1 is 1.07 bits per heavy atom. The van der Waals surface area contributed by atoms with Gasteiger partial charge in [-0.3, -0.25) is 15.1 Å². The number of hydrogen-bond acceptors (Lipinski definition) is 7. The molecule has 1 aliphatic rings. The van der Waals surface area contributed by atoms with Gasteiger partial charge in [-0.05, 0) is 42.5 Å². The highest BCUT2D eigenvalue weighted by Crippen LogP contribution is 2.37. The SMILES string of the molecule is O=[N+]([O-])c1cc2c(cc1C=Nc1ccc3nc(-c4ccc(Br)cc4)oc3c1)OCO2. The lowest BCUT2D eigenvalue weighted by Crippen LogP contribution is -1.94. The Morgan fingerprint density at radius 3 is 2.60 bits per heavy atom. The van der Waals surface area contributed by atoms with Gasteiger partial charge in [-0.2, -0.15) is 0 Å². The van der Waals surface area contributed by atoms with Crippen LogP contribution < -0.4 is 9.47 Å². The molecular weight excluding hydrogens is 454 g/mol. The average molecular weight is 466 g/mol. The highest BCUT2D eigenvalue weighted by atomic mass is 79.9. The first kappa shape index (κ1) is 18.3. The number of nitrogens with zero attached hydrogens (tertiary/aromatic N) is 3. The van der Waals surface area contributed by atoms with Crippen LogP contribution in [0.3, 0.4) is 0 Å². The summed E-state index contributed by atoms with van der Waals surface area (Å²) >= 11 is 3.41. The Balaban J connectivity index is 1.48. The van der Waals surface area contributed by atoms with Crippen LogP contribution in [0.4, 0.5) is 11.4 Å². The van der Waals surface area contributed by atoms with Crippen molar-refractivity contribution in [2.24, 2.45) is 4.99 Å². The number of nitro benzene ring substituents is 1. The van der Waals surface area contributed by atoms with Crippen molar-refractivity contribution in [2.45, 2.75) is 0 Å². The Labute approximate surface area is 178 Å². The lowest BCUT2D eigenvalue weighted by Gasteiger charge is -2.00. The summed E-state index contributed by atoms with van der Waals surface area (Å²) in [5.74, 6) is 1.30. The fraction of sp³-hybridized carbons (Fsp3) is 0.0476. The molecule has 2 heterocycles. The predicted molar refractivity (Wildman–Crippen MR) is 114 cm³/mol. The molecule has 0 radical (unpaired) electrons. The van der Waals surface area contributed by atoms with Crippen LogP contribution in [-0.4, -0.2) is 22.9 Å². The molecule has 1 aromatic heterocycles. The van der Waals surface area contributed by atoms with Gasteiger partial charge in [0, 0.05) is 22.3 Å². The fourth-order valence-corrected chi connectivity index (χ4v) is 3.33. The van der Waals surface area contributed by atoms with Gasteiger partial charge >= 0.3 is 0 Å². The number of aliphatic imine (C=N–C) groups is 1. The lowest BCUT2D eigenvalue weighted by atomic mass is 10.1. The number of halogens is 1. The summed E-state index contributed by atoms with van der Waals surface area (Å²) in [4.78, 5) is 19.8. The van der Waals surface area contributed by atoms with Gasteiger partial charge in [0.2, 0.25) is 12.7 Å². The van der Waals surface area contributed by atoms with E-state index in [0.29, 0.717) is 39.7 Å². The molecule has 3 aromatic carbocycles. The number of fused-ring (bicyclic) bond motifs is 2. The highest BCUT2D eigenvalue weighted by molar-refractivity contribution is 9.10. The second-order valence-electron chi connectivity index (χ2n) is 6.46. The Morgan fingerprint density at radius 2 is 1.83 bits per heavy atom. The molecule has 8 nitrogen and oxygen atoms in total. The topological polar surface area (TPSA) is 100.0 Å². The van der Waals surface area contributed by atoms with Crippen LogP contribution in [0.1, 0.15) is 5.56 Å². The van der Waals surface area contributed by atoms with Crippen LogP contribution in [0.25, 0.3) is 22.6 Å². The molecule has 0 atom stereocenters. The van der Waals surface area contributed by atoms with Crippen molar-refractivity contribution < 1.29 is 18.8 Å². The van der Waals surface area contributed by atoms with Crippen LogP contribution in [0, 0.1) is 10.1 Å². The van der Waals surface area contributed by atoms with Gasteiger partial charge in [0.15, 0.2) is 17.1 Å². The van der Waals surface area contributed by atoms with Gasteiger partial charge in [0.1, 0.15) is 5.52 Å². The summed E-state index contributed by atoms with van der Waals surface area (Å²) in [6, 6.07) is 15.8. The first-order valence-electron chi connectivity index (χ1n) is 8.85. The van der Waals surface area contributed by atoms with E-state index in [1.165, 1.54) is 12.3 Å². The smallest absolute Gasteiger partial charge is 0.282 e. The van der Waals surface area contributed by atoms with Crippen molar-refractivity contribution in [3.63, 3.8) is 0 Å². The third-order valence-corrected chi connectivity index (χ3v) is 5.06. The van der Waals surface area contributed by atoms with Crippen LogP contribution >= 0.6 is 15.9 Å². The molecular formula is C21H12BrN3O5. The van der Waals surface area contributed by atoms with Crippen LogP contribution in [0.2, 0.25) is 0 Å². The van der Waals surface area contributed by atoms with Gasteiger partial charge in [0.05, 0.1) is 22.2 Å². The largest absolute Gasteiger partial charge is 0.454 e. The van der Waals surface area contributed by atoms with E-state index in [-0.39, 0.29) is 12.5 Å². The van der Waals surface area contributed by atoms with E-state index in [0.717, 1.165) is 10.0 Å². The molecule has 0 bridgehead atoms. The first-order chi connectivity index (χ1) is 14.6. The van der Waals surface area contributed by atoms with E-state index in [2.05, 4.69) is 25.9 Å². The number of hydrogen-bond donors (Lipinski definition) is 0. The summed E-state index contributed by atoms with van der Waals surface area (Å²) < 4.78 is 17.3. The van der Waals surface area contributed by atoms with Crippen LogP contribution in [0.5, 0.6) is 11.5 Å². The fourth-order valence-electron chi connectivity index (χ4n) is 3.06. The van der Waals surface area contributed by atoms with E-state index < -0.39 is 4.92 Å². The summed E-state index contributed by atoms with van der Waals surface area (Å²) in [6.07, 6.45) is 1.42. The normalized spacial score (nSPS) is 12.7. The maximum atomic E-state index is 11.4. The molecule has 0 N–H and O–H groups in total. The number of nitro groups is 1. The summed E-state index contributed by atoms with van der Waals surface area (Å²) in [5, 5.41) is 11.4. The van der Waals surface area contributed by atoms with Gasteiger partial charge in [-0.1, -0.05) is 15.9 Å². The molecule has 0 aliphatic carbocycles. The second-order valence-corrected chi connectivity index (χ2v) is 7.37. The van der Waals surface area contributed by atoms with E-state index in [4.69, 9.17) is 13.9 Å². The molecule has 148 valence electrons. The number of benzene rings is 3. The first-order valence-corrected chi connectivity index (χ1v) is 9.65. The minimum atomic E-state index is -0.479. The third kappa shape index (κ3) is 3.39. The number of oxazole rings is 1. The Hall–Kier alpha value is -3.72. The van der Waals surface area contributed by atoms with E-state index in [1.807, 2.05) is 24.3 Å². The number of ether oxygens (including phenoxy) is 2. The monoisotopic (exact) mass is 465 g/mol. The van der Waals surface area contributed by atoms with Crippen molar-refractivity contribution in [2.75, 3.05) is 6.79 Å². The predicted octanol–water partition coefficient (Wildman–Crippen LogP) is 5.64. The van der Waals surface area contributed by atoms with Crippen molar-refractivity contribution in [1.82, 2.24) is 4.98 Å². The summed E-state index contributed by atoms with van der Waals surface area (Å²) in [5.41, 5.74) is 2.91. The molecule has 0 saturated heterocycles. The standard InChI is InChI=1S/C21H12BrN3O5/c22-14-3-1-12(2-4-14)21-24-16-6-5-15(8-18(16)30-21)23-10-13-7-19-20(29-11-28-19)9-17(13)25(26)27/h1-10H,11H2. The van der Waals surface area contributed by atoms with Crippen LogP contribution in [0.15, 0.2) is 68.5 Å². The highest BCUT2D eigenvalue weighted by Gasteiger charge is 2.22. The van der Waals surface area contributed by atoms with Crippen molar-refractivity contribution in [3.8, 4) is 23.0 Å². The van der Waals surface area contributed by atoms with Gasteiger partial charge in [-0.15, -0.1) is 0 Å². The Kier molecular flexibility index (Phi) is 4.44. The second kappa shape index (κ2) is 7.27. The summed E-state index contributed by atoms with van der Waals surface area (Å²) in [7, 11) is 0. The van der Waals surface area contributed by atoms with Gasteiger partial charge < -0.3 is 13.9 Å². The molecule has 5 rings (SSSR count). The van der Waals surface area contributed by atoms with Crippen molar-refractivity contribution in [1.29, 1.82) is 0 Å². The quantitative estimate of drug-likeness (QED) is 0.219. The van der Waals surface area contributed by atoms with Crippen molar-refractivity contribution >= 4 is 44.6 Å². The van der Waals surface area contributed by atoms with E-state index >= 15 is 0 Å². The maximum absolute atomic E-state index is 11.4. The molecule has 30 heavy (non-hydrogen) atoms. The zero-order valence-electron chi connectivity index (χ0n) is 15.2. The van der Waals surface area contributed by atoms with E-state index in [1.54, 1.807) is 24.3 Å². The molecule has 0 amide bonds. The third-order valence-electron chi connectivity index (χ3n) is 4.53. The molecule has 0 unspecified atom stereocenters. The number of rotatable bonds is 4.